The molecule has 3 heteroatoms. The van der Waals surface area contributed by atoms with Gasteiger partial charge in [0.1, 0.15) is 0 Å². The summed E-state index contributed by atoms with van der Waals surface area (Å²) in [5, 5.41) is 10.8. The Balaban J connectivity index is 3.06. The first-order valence-corrected chi connectivity index (χ1v) is 2.98. The molecular weight excluding hydrogens is 118 g/mol. The van der Waals surface area contributed by atoms with Crippen molar-refractivity contribution in [3.63, 3.8) is 0 Å². The summed E-state index contributed by atoms with van der Waals surface area (Å²) in [7, 11) is 0. The van der Waals surface area contributed by atoms with Crippen LogP contribution in [0, 0.1) is 6.92 Å². The van der Waals surface area contributed by atoms with E-state index in [1.54, 1.807) is 0 Å². The van der Waals surface area contributed by atoms with Gasteiger partial charge in [-0.15, -0.1) is 0 Å². The highest BCUT2D eigenvalue weighted by atomic mass is 16.3. The van der Waals surface area contributed by atoms with Crippen LogP contribution in [0.3, 0.4) is 0 Å². The van der Waals surface area contributed by atoms with E-state index in [0.29, 0.717) is 19.4 Å². The van der Waals surface area contributed by atoms with Crippen molar-refractivity contribution in [2.75, 3.05) is 13.2 Å². The lowest BCUT2D eigenvalue weighted by atomic mass is 10.3. The van der Waals surface area contributed by atoms with Crippen molar-refractivity contribution in [2.24, 2.45) is 0 Å². The molecule has 0 aromatic heterocycles. The van der Waals surface area contributed by atoms with Gasteiger partial charge in [-0.2, -0.15) is 0 Å². The fourth-order valence-corrected chi connectivity index (χ4v) is 0.444. The molecule has 3 nitrogen and oxygen atoms in total. The van der Waals surface area contributed by atoms with Crippen LogP contribution in [-0.4, -0.2) is 24.2 Å². The Morgan fingerprint density at radius 3 is 2.78 bits per heavy atom. The number of carbonyl (C=O) groups excluding carboxylic acids is 1. The molecule has 0 spiro atoms. The van der Waals surface area contributed by atoms with Gasteiger partial charge in [0.25, 0.3) is 0 Å². The van der Waals surface area contributed by atoms with Crippen molar-refractivity contribution in [3.8, 4) is 0 Å². The molecule has 0 aromatic carbocycles. The third-order valence-corrected chi connectivity index (χ3v) is 0.838. The number of hydrogen-bond donors (Lipinski definition) is 2. The molecule has 0 atom stereocenters. The van der Waals surface area contributed by atoms with Crippen LogP contribution in [0.4, 0.5) is 0 Å². The van der Waals surface area contributed by atoms with E-state index < -0.39 is 0 Å². The molecule has 0 heterocycles. The molecule has 1 radical (unpaired) electrons. The predicted octanol–water partition coefficient (Wildman–Crippen LogP) is -0.291. The van der Waals surface area contributed by atoms with Crippen LogP contribution in [0.15, 0.2) is 0 Å². The third-order valence-electron chi connectivity index (χ3n) is 0.838. The molecule has 0 aliphatic carbocycles. The molecule has 2 N–H and O–H groups in total. The zero-order valence-electron chi connectivity index (χ0n) is 5.39. The molecule has 1 amide bonds. The second kappa shape index (κ2) is 5.56. The van der Waals surface area contributed by atoms with Gasteiger partial charge >= 0.3 is 0 Å². The summed E-state index contributed by atoms with van der Waals surface area (Å²) in [5.74, 6) is -0.0425. The maximum absolute atomic E-state index is 10.5. The number of rotatable bonds is 4. The Labute approximate surface area is 55.1 Å². The second-order valence-corrected chi connectivity index (χ2v) is 1.68. The Kier molecular flexibility index (Phi) is 5.21. The maximum Gasteiger partial charge on any atom is 0.220 e. The highest BCUT2D eigenvalue weighted by Crippen LogP contribution is 1.83. The number of hydrogen-bond acceptors (Lipinski definition) is 2. The fourth-order valence-electron chi connectivity index (χ4n) is 0.444. The normalized spacial score (nSPS) is 9.11. The van der Waals surface area contributed by atoms with E-state index in [2.05, 4.69) is 12.2 Å². The van der Waals surface area contributed by atoms with E-state index in [4.69, 9.17) is 5.11 Å². The molecule has 53 valence electrons. The molecule has 0 aliphatic rings. The van der Waals surface area contributed by atoms with Crippen molar-refractivity contribution in [1.82, 2.24) is 5.32 Å². The predicted molar refractivity (Wildman–Crippen MR) is 34.7 cm³/mol. The van der Waals surface area contributed by atoms with Gasteiger partial charge in [0.2, 0.25) is 5.91 Å². The Morgan fingerprint density at radius 1 is 1.67 bits per heavy atom. The third kappa shape index (κ3) is 5.30. The lowest BCUT2D eigenvalue weighted by Crippen LogP contribution is -2.25. The van der Waals surface area contributed by atoms with E-state index in [0.717, 1.165) is 0 Å². The quantitative estimate of drug-likeness (QED) is 0.549. The van der Waals surface area contributed by atoms with Gasteiger partial charge in [0.15, 0.2) is 0 Å². The molecule has 0 fully saturated rings. The summed E-state index contributed by atoms with van der Waals surface area (Å²) in [6.45, 7) is 3.86. The minimum atomic E-state index is -0.0425. The Morgan fingerprint density at radius 2 is 2.33 bits per heavy atom. The highest BCUT2D eigenvalue weighted by Gasteiger charge is 1.94. The molecule has 0 saturated carbocycles. The molecule has 0 rings (SSSR count). The zero-order chi connectivity index (χ0) is 7.11. The molecule has 9 heavy (non-hydrogen) atoms. The standard InChI is InChI=1S/C6H12NO2/c1-2-3-6(9)7-4-5-8/h8H,1-5H2,(H,7,9). The molecular formula is C6H12NO2. The van der Waals surface area contributed by atoms with Crippen molar-refractivity contribution in [2.45, 2.75) is 12.8 Å². The molecule has 0 saturated heterocycles. The van der Waals surface area contributed by atoms with Crippen LogP contribution >= 0.6 is 0 Å². The van der Waals surface area contributed by atoms with E-state index in [9.17, 15) is 4.79 Å². The van der Waals surface area contributed by atoms with Crippen molar-refractivity contribution < 1.29 is 9.90 Å². The summed E-state index contributed by atoms with van der Waals surface area (Å²) < 4.78 is 0. The number of amides is 1. The first-order valence-electron chi connectivity index (χ1n) is 2.98. The minimum Gasteiger partial charge on any atom is -0.395 e. The first kappa shape index (κ1) is 8.43. The Bertz CT molecular complexity index is 83.1. The summed E-state index contributed by atoms with van der Waals surface area (Å²) >= 11 is 0. The summed E-state index contributed by atoms with van der Waals surface area (Å²) in [5.41, 5.74) is 0. The summed E-state index contributed by atoms with van der Waals surface area (Å²) in [4.78, 5) is 10.5. The fraction of sp³-hybridized carbons (Fsp3) is 0.667. The monoisotopic (exact) mass is 130 g/mol. The average Bonchev–Trinajstić information content (AvgIpc) is 1.85. The number of nitrogens with one attached hydrogen (secondary N) is 1. The van der Waals surface area contributed by atoms with Gasteiger partial charge in [0.05, 0.1) is 6.61 Å². The van der Waals surface area contributed by atoms with Crippen LogP contribution in [0.2, 0.25) is 0 Å². The molecule has 0 aliphatic heterocycles. The van der Waals surface area contributed by atoms with Gasteiger partial charge in [-0.05, 0) is 6.42 Å². The molecule has 0 unspecified atom stereocenters. The lowest BCUT2D eigenvalue weighted by Gasteiger charge is -1.98. The first-order chi connectivity index (χ1) is 4.31. The largest absolute Gasteiger partial charge is 0.395 e. The Hall–Kier alpha value is -0.570. The number of aliphatic hydroxyl groups is 1. The highest BCUT2D eigenvalue weighted by molar-refractivity contribution is 5.75. The number of carbonyl (C=O) groups is 1. The smallest absolute Gasteiger partial charge is 0.220 e. The number of aliphatic hydroxyl groups excluding tert-OH is 1. The van der Waals surface area contributed by atoms with Gasteiger partial charge < -0.3 is 10.4 Å². The second-order valence-electron chi connectivity index (χ2n) is 1.68. The van der Waals surface area contributed by atoms with Crippen LogP contribution in [0.25, 0.3) is 0 Å². The van der Waals surface area contributed by atoms with Crippen molar-refractivity contribution in [3.05, 3.63) is 6.92 Å². The van der Waals surface area contributed by atoms with Crippen LogP contribution in [-0.2, 0) is 4.79 Å². The average molecular weight is 130 g/mol. The van der Waals surface area contributed by atoms with Crippen molar-refractivity contribution in [1.29, 1.82) is 0 Å². The van der Waals surface area contributed by atoms with Crippen LogP contribution in [0.5, 0.6) is 0 Å². The van der Waals surface area contributed by atoms with E-state index >= 15 is 0 Å². The maximum atomic E-state index is 10.5. The molecule has 0 aromatic rings. The summed E-state index contributed by atoms with van der Waals surface area (Å²) in [6.07, 6.45) is 1.05. The van der Waals surface area contributed by atoms with E-state index in [1.807, 2.05) is 0 Å². The van der Waals surface area contributed by atoms with Gasteiger partial charge in [-0.1, -0.05) is 6.92 Å². The van der Waals surface area contributed by atoms with E-state index in [-0.39, 0.29) is 12.5 Å². The summed E-state index contributed by atoms with van der Waals surface area (Å²) in [6, 6.07) is 0. The van der Waals surface area contributed by atoms with Crippen LogP contribution < -0.4 is 5.32 Å². The zero-order valence-corrected chi connectivity index (χ0v) is 5.39. The van der Waals surface area contributed by atoms with Crippen LogP contribution in [0.1, 0.15) is 12.8 Å². The van der Waals surface area contributed by atoms with Gasteiger partial charge in [-0.3, -0.25) is 4.79 Å². The SMILES string of the molecule is [CH2]CCC(=O)NCCO. The molecule has 0 bridgehead atoms. The van der Waals surface area contributed by atoms with Gasteiger partial charge in [0, 0.05) is 13.0 Å². The van der Waals surface area contributed by atoms with Crippen molar-refractivity contribution >= 4 is 5.91 Å². The topological polar surface area (TPSA) is 49.3 Å². The van der Waals surface area contributed by atoms with Gasteiger partial charge in [-0.25, -0.2) is 0 Å². The lowest BCUT2D eigenvalue weighted by molar-refractivity contribution is -0.121. The minimum absolute atomic E-state index is 0.00286. The van der Waals surface area contributed by atoms with E-state index in [1.165, 1.54) is 0 Å².